The molecule has 0 spiro atoms. The number of benzene rings is 1. The lowest BCUT2D eigenvalue weighted by molar-refractivity contribution is 0.465. The summed E-state index contributed by atoms with van der Waals surface area (Å²) in [6, 6.07) is 8.22. The van der Waals surface area contributed by atoms with Crippen LogP contribution in [0.1, 0.15) is 18.9 Å². The van der Waals surface area contributed by atoms with Gasteiger partial charge in [0.05, 0.1) is 5.75 Å². The largest absolute Gasteiger partial charge is 0.317 e. The summed E-state index contributed by atoms with van der Waals surface area (Å²) in [7, 11) is -2.88. The van der Waals surface area contributed by atoms with Gasteiger partial charge in [-0.1, -0.05) is 35.0 Å². The lowest BCUT2D eigenvalue weighted by Crippen LogP contribution is -2.25. The molecule has 1 aromatic rings. The lowest BCUT2D eigenvalue weighted by Gasteiger charge is -2.17. The van der Waals surface area contributed by atoms with Crippen molar-refractivity contribution in [1.29, 1.82) is 0 Å². The summed E-state index contributed by atoms with van der Waals surface area (Å²) in [6.07, 6.45) is 2.93. The summed E-state index contributed by atoms with van der Waals surface area (Å²) < 4.78 is 23.6. The predicted octanol–water partition coefficient (Wildman–Crippen LogP) is 2.65. The Bertz CT molecular complexity index is 471. The van der Waals surface area contributed by atoms with E-state index in [-0.39, 0.29) is 5.75 Å². The highest BCUT2D eigenvalue weighted by Gasteiger charge is 2.13. The highest BCUT2D eigenvalue weighted by molar-refractivity contribution is 9.10. The van der Waals surface area contributed by atoms with Crippen molar-refractivity contribution in [1.82, 2.24) is 5.32 Å². The normalized spacial score (nSPS) is 13.4. The van der Waals surface area contributed by atoms with Crippen LogP contribution in [-0.4, -0.2) is 33.5 Å². The Kier molecular flexibility index (Phi) is 7.04. The Morgan fingerprint density at radius 3 is 2.42 bits per heavy atom. The van der Waals surface area contributed by atoms with Gasteiger partial charge in [0.25, 0.3) is 0 Å². The first-order chi connectivity index (χ1) is 8.90. The Labute approximate surface area is 124 Å². The molecular formula is C14H22BrNO2S. The van der Waals surface area contributed by atoms with E-state index in [4.69, 9.17) is 0 Å². The minimum absolute atomic E-state index is 0.263. The van der Waals surface area contributed by atoms with Gasteiger partial charge in [-0.3, -0.25) is 0 Å². The molecule has 108 valence electrons. The first kappa shape index (κ1) is 16.7. The van der Waals surface area contributed by atoms with Gasteiger partial charge in [-0.2, -0.15) is 0 Å². The quantitative estimate of drug-likeness (QED) is 0.786. The molecule has 0 amide bonds. The fourth-order valence-corrected chi connectivity index (χ4v) is 2.99. The number of hydrogen-bond acceptors (Lipinski definition) is 3. The monoisotopic (exact) mass is 347 g/mol. The van der Waals surface area contributed by atoms with Crippen molar-refractivity contribution in [2.45, 2.75) is 19.8 Å². The van der Waals surface area contributed by atoms with Gasteiger partial charge in [-0.05, 0) is 49.5 Å². The first-order valence-corrected chi connectivity index (χ1v) is 9.39. The van der Waals surface area contributed by atoms with E-state index < -0.39 is 9.84 Å². The molecule has 0 aromatic heterocycles. The zero-order valence-corrected chi connectivity index (χ0v) is 13.9. The SMILES string of the molecule is CCNCC(CCS(C)(=O)=O)Cc1ccc(Br)cc1. The second-order valence-electron chi connectivity index (χ2n) is 4.92. The third-order valence-corrected chi connectivity index (χ3v) is 4.52. The topological polar surface area (TPSA) is 46.2 Å². The maximum absolute atomic E-state index is 11.3. The first-order valence-electron chi connectivity index (χ1n) is 6.53. The summed E-state index contributed by atoms with van der Waals surface area (Å²) >= 11 is 3.42. The van der Waals surface area contributed by atoms with Crippen LogP contribution in [0.5, 0.6) is 0 Å². The molecule has 0 fully saturated rings. The minimum Gasteiger partial charge on any atom is -0.317 e. The van der Waals surface area contributed by atoms with Gasteiger partial charge < -0.3 is 5.32 Å². The molecule has 3 nitrogen and oxygen atoms in total. The zero-order valence-electron chi connectivity index (χ0n) is 11.5. The zero-order chi connectivity index (χ0) is 14.3. The number of nitrogens with one attached hydrogen (secondary N) is 1. The number of hydrogen-bond donors (Lipinski definition) is 1. The summed E-state index contributed by atoms with van der Waals surface area (Å²) in [4.78, 5) is 0. The molecule has 1 unspecified atom stereocenters. The molecule has 0 aliphatic carbocycles. The Balaban J connectivity index is 2.60. The van der Waals surface area contributed by atoms with Crippen LogP contribution >= 0.6 is 15.9 Å². The average molecular weight is 348 g/mol. The molecule has 0 bridgehead atoms. The molecule has 0 radical (unpaired) electrons. The molecule has 0 saturated heterocycles. The van der Waals surface area contributed by atoms with Gasteiger partial charge in [0.1, 0.15) is 9.84 Å². The lowest BCUT2D eigenvalue weighted by atomic mass is 9.97. The third-order valence-electron chi connectivity index (χ3n) is 3.02. The van der Waals surface area contributed by atoms with E-state index in [0.717, 1.165) is 24.0 Å². The summed E-state index contributed by atoms with van der Waals surface area (Å²) in [5, 5.41) is 3.31. The maximum Gasteiger partial charge on any atom is 0.147 e. The van der Waals surface area contributed by atoms with E-state index in [1.54, 1.807) is 0 Å². The Morgan fingerprint density at radius 1 is 1.26 bits per heavy atom. The predicted molar refractivity (Wildman–Crippen MR) is 84.2 cm³/mol. The van der Waals surface area contributed by atoms with Gasteiger partial charge in [0, 0.05) is 10.7 Å². The van der Waals surface area contributed by atoms with E-state index in [2.05, 4.69) is 40.3 Å². The van der Waals surface area contributed by atoms with Crippen molar-refractivity contribution in [2.75, 3.05) is 25.1 Å². The summed E-state index contributed by atoms with van der Waals surface area (Å²) in [5.41, 5.74) is 1.25. The minimum atomic E-state index is -2.88. The van der Waals surface area contributed by atoms with E-state index in [0.29, 0.717) is 12.3 Å². The van der Waals surface area contributed by atoms with Crippen molar-refractivity contribution in [3.05, 3.63) is 34.3 Å². The Hall–Kier alpha value is -0.390. The van der Waals surface area contributed by atoms with Crippen molar-refractivity contribution in [2.24, 2.45) is 5.92 Å². The molecule has 1 N–H and O–H groups in total. The molecular weight excluding hydrogens is 326 g/mol. The highest BCUT2D eigenvalue weighted by Crippen LogP contribution is 2.16. The van der Waals surface area contributed by atoms with Crippen LogP contribution in [0.3, 0.4) is 0 Å². The van der Waals surface area contributed by atoms with Crippen molar-refractivity contribution >= 4 is 25.8 Å². The molecule has 1 atom stereocenters. The number of rotatable bonds is 8. The fourth-order valence-electron chi connectivity index (χ4n) is 1.96. The molecule has 0 saturated carbocycles. The van der Waals surface area contributed by atoms with Crippen LogP contribution in [0.25, 0.3) is 0 Å². The molecule has 5 heteroatoms. The van der Waals surface area contributed by atoms with Gasteiger partial charge >= 0.3 is 0 Å². The standard InChI is InChI=1S/C14H22BrNO2S/c1-3-16-11-13(8-9-19(2,17)18)10-12-4-6-14(15)7-5-12/h4-7,13,16H,3,8-11H2,1-2H3. The second kappa shape index (κ2) is 8.02. The van der Waals surface area contributed by atoms with Crippen LogP contribution in [0.2, 0.25) is 0 Å². The average Bonchev–Trinajstić information content (AvgIpc) is 2.34. The van der Waals surface area contributed by atoms with Crippen LogP contribution in [0.4, 0.5) is 0 Å². The summed E-state index contributed by atoms with van der Waals surface area (Å²) in [5.74, 6) is 0.621. The van der Waals surface area contributed by atoms with Gasteiger partial charge in [0.15, 0.2) is 0 Å². The fraction of sp³-hybridized carbons (Fsp3) is 0.571. The molecule has 1 aromatic carbocycles. The van der Waals surface area contributed by atoms with Crippen molar-refractivity contribution < 1.29 is 8.42 Å². The number of sulfone groups is 1. The van der Waals surface area contributed by atoms with E-state index in [1.165, 1.54) is 11.8 Å². The van der Waals surface area contributed by atoms with Crippen LogP contribution < -0.4 is 5.32 Å². The highest BCUT2D eigenvalue weighted by atomic mass is 79.9. The molecule has 0 aliphatic heterocycles. The van der Waals surface area contributed by atoms with Gasteiger partial charge in [0.2, 0.25) is 0 Å². The molecule has 19 heavy (non-hydrogen) atoms. The van der Waals surface area contributed by atoms with E-state index in [9.17, 15) is 8.42 Å². The van der Waals surface area contributed by atoms with Crippen LogP contribution in [0.15, 0.2) is 28.7 Å². The number of halogens is 1. The van der Waals surface area contributed by atoms with E-state index >= 15 is 0 Å². The van der Waals surface area contributed by atoms with Crippen molar-refractivity contribution in [3.63, 3.8) is 0 Å². The van der Waals surface area contributed by atoms with Gasteiger partial charge in [-0.15, -0.1) is 0 Å². The van der Waals surface area contributed by atoms with Crippen LogP contribution in [-0.2, 0) is 16.3 Å². The van der Waals surface area contributed by atoms with Gasteiger partial charge in [-0.25, -0.2) is 8.42 Å². The molecule has 0 aliphatic rings. The van der Waals surface area contributed by atoms with Crippen molar-refractivity contribution in [3.8, 4) is 0 Å². The maximum atomic E-state index is 11.3. The second-order valence-corrected chi connectivity index (χ2v) is 8.10. The Morgan fingerprint density at radius 2 is 1.89 bits per heavy atom. The van der Waals surface area contributed by atoms with E-state index in [1.807, 2.05) is 12.1 Å². The molecule has 0 heterocycles. The summed E-state index contributed by atoms with van der Waals surface area (Å²) in [6.45, 7) is 3.84. The molecule has 1 rings (SSSR count). The van der Waals surface area contributed by atoms with Crippen LogP contribution in [0, 0.1) is 5.92 Å². The smallest absolute Gasteiger partial charge is 0.147 e. The third kappa shape index (κ3) is 7.70.